The van der Waals surface area contributed by atoms with Crippen molar-refractivity contribution in [1.29, 1.82) is 0 Å². The lowest BCUT2D eigenvalue weighted by Gasteiger charge is -2.34. The zero-order valence-corrected chi connectivity index (χ0v) is 17.0. The number of rotatable bonds is 9. The Hall–Kier alpha value is -2.43. The van der Waals surface area contributed by atoms with E-state index in [1.54, 1.807) is 16.8 Å². The van der Waals surface area contributed by atoms with E-state index in [1.807, 2.05) is 0 Å². The number of aromatic nitrogens is 2. The topological polar surface area (TPSA) is 65.4 Å². The van der Waals surface area contributed by atoms with Gasteiger partial charge in [0.05, 0.1) is 29.3 Å². The first-order chi connectivity index (χ1) is 14.6. The Morgan fingerprint density at radius 3 is 2.74 bits per heavy atom. The Labute approximate surface area is 180 Å². The number of nitrogens with one attached hydrogen (secondary N) is 1. The average Bonchev–Trinajstić information content (AvgIpc) is 3.15. The molecule has 1 aromatic carbocycles. The molecule has 1 aliphatic rings. The van der Waals surface area contributed by atoms with Gasteiger partial charge in [0.2, 0.25) is 5.91 Å². The molecule has 1 saturated carbocycles. The highest BCUT2D eigenvalue weighted by atomic mass is 35.5. The molecule has 1 heterocycles. The average molecular weight is 462 g/mol. The second kappa shape index (κ2) is 9.80. The number of carbonyl (C=O) groups is 1. The first-order valence-corrected chi connectivity index (χ1v) is 9.79. The van der Waals surface area contributed by atoms with E-state index in [9.17, 15) is 22.4 Å². The molecule has 0 atom stereocenters. The zero-order chi connectivity index (χ0) is 22.6. The van der Waals surface area contributed by atoms with Gasteiger partial charge in [0.25, 0.3) is 0 Å². The van der Waals surface area contributed by atoms with Crippen LogP contribution in [0.1, 0.15) is 19.3 Å². The van der Waals surface area contributed by atoms with Crippen LogP contribution in [0.5, 0.6) is 0 Å². The van der Waals surface area contributed by atoms with Gasteiger partial charge in [-0.05, 0) is 12.1 Å². The monoisotopic (exact) mass is 461 g/mol. The molecule has 0 aliphatic heterocycles. The minimum atomic E-state index is -4.66. The molecule has 0 saturated heterocycles. The van der Waals surface area contributed by atoms with Gasteiger partial charge < -0.3 is 14.6 Å². The van der Waals surface area contributed by atoms with E-state index in [0.717, 1.165) is 0 Å². The van der Waals surface area contributed by atoms with E-state index >= 15 is 0 Å². The van der Waals surface area contributed by atoms with Crippen LogP contribution in [-0.4, -0.2) is 47.2 Å². The first-order valence-electron chi connectivity index (χ1n) is 9.41. The maximum absolute atomic E-state index is 13.6. The summed E-state index contributed by atoms with van der Waals surface area (Å²) in [5.74, 6) is -0.918. The van der Waals surface area contributed by atoms with Gasteiger partial charge in [0.1, 0.15) is 12.4 Å². The van der Waals surface area contributed by atoms with Crippen molar-refractivity contribution in [2.45, 2.75) is 37.8 Å². The number of alkyl halides is 3. The van der Waals surface area contributed by atoms with E-state index in [2.05, 4.69) is 21.6 Å². The number of imidazole rings is 1. The van der Waals surface area contributed by atoms with Gasteiger partial charge >= 0.3 is 6.36 Å². The number of amides is 1. The summed E-state index contributed by atoms with van der Waals surface area (Å²) in [6, 6.07) is 4.39. The van der Waals surface area contributed by atoms with Crippen molar-refractivity contribution in [3.63, 3.8) is 0 Å². The molecular weight excluding hydrogens is 442 g/mol. The second-order valence-electron chi connectivity index (χ2n) is 7.05. The number of halogens is 5. The van der Waals surface area contributed by atoms with Crippen molar-refractivity contribution in [3.05, 3.63) is 48.1 Å². The molecule has 1 aromatic heterocycles. The predicted molar refractivity (Wildman–Crippen MR) is 105 cm³/mol. The smallest absolute Gasteiger partial charge is 0.368 e. The summed E-state index contributed by atoms with van der Waals surface area (Å²) in [6.07, 6.45) is -2.15. The number of nitrogens with zero attached hydrogens (tertiary/aromatic N) is 2. The third-order valence-corrected chi connectivity index (χ3v) is 5.01. The van der Waals surface area contributed by atoms with E-state index in [-0.39, 0.29) is 36.9 Å². The van der Waals surface area contributed by atoms with Crippen molar-refractivity contribution in [1.82, 2.24) is 14.9 Å². The summed E-state index contributed by atoms with van der Waals surface area (Å²) >= 11 is 5.68. The molecule has 1 N–H and O–H groups in total. The van der Waals surface area contributed by atoms with Crippen LogP contribution in [0.2, 0.25) is 5.02 Å². The van der Waals surface area contributed by atoms with E-state index in [0.29, 0.717) is 23.4 Å². The molecule has 11 heteroatoms. The summed E-state index contributed by atoms with van der Waals surface area (Å²) in [7, 11) is 0. The van der Waals surface area contributed by atoms with Crippen molar-refractivity contribution < 1.29 is 31.8 Å². The molecule has 1 aliphatic carbocycles. The number of hydrogen-bond acceptors (Lipinski definition) is 4. The second-order valence-corrected chi connectivity index (χ2v) is 7.46. The molecular formula is C20H20ClF4N3O3. The number of benzene rings is 1. The maximum atomic E-state index is 13.6. The highest BCUT2D eigenvalue weighted by Crippen LogP contribution is 2.32. The lowest BCUT2D eigenvalue weighted by Crippen LogP contribution is -2.42. The van der Waals surface area contributed by atoms with Gasteiger partial charge in [-0.15, -0.1) is 13.2 Å². The van der Waals surface area contributed by atoms with Gasteiger partial charge in [-0.1, -0.05) is 24.2 Å². The predicted octanol–water partition coefficient (Wildman–Crippen LogP) is 4.40. The van der Waals surface area contributed by atoms with Crippen LogP contribution >= 0.6 is 11.6 Å². The van der Waals surface area contributed by atoms with Gasteiger partial charge in [-0.2, -0.15) is 0 Å². The minimum absolute atomic E-state index is 0.0269. The van der Waals surface area contributed by atoms with Crippen molar-refractivity contribution in [2.75, 3.05) is 13.2 Å². The zero-order valence-electron chi connectivity index (χ0n) is 16.3. The molecule has 1 fully saturated rings. The van der Waals surface area contributed by atoms with Crippen LogP contribution in [0.3, 0.4) is 0 Å². The fourth-order valence-electron chi connectivity index (χ4n) is 2.96. The summed E-state index contributed by atoms with van der Waals surface area (Å²) in [5.41, 5.74) is 1.76. The minimum Gasteiger partial charge on any atom is -0.368 e. The Balaban J connectivity index is 1.35. The van der Waals surface area contributed by atoms with Crippen LogP contribution < -0.4 is 5.32 Å². The third-order valence-electron chi connectivity index (χ3n) is 4.70. The molecule has 6 nitrogen and oxygen atoms in total. The van der Waals surface area contributed by atoms with Gasteiger partial charge in [0, 0.05) is 43.3 Å². The summed E-state index contributed by atoms with van der Waals surface area (Å²) in [6.45, 7) is 3.98. The largest absolute Gasteiger partial charge is 0.522 e. The van der Waals surface area contributed by atoms with Gasteiger partial charge in [-0.3, -0.25) is 9.53 Å². The molecule has 1 amide bonds. The van der Waals surface area contributed by atoms with E-state index in [4.69, 9.17) is 16.3 Å². The summed E-state index contributed by atoms with van der Waals surface area (Å²) < 4.78 is 60.6. The summed E-state index contributed by atoms with van der Waals surface area (Å²) in [4.78, 5) is 16.0. The lowest BCUT2D eigenvalue weighted by atomic mass is 9.92. The SMILES string of the molecule is C=C(CCNC(=O)CO[C@H]1C[C@@H](OC(F)(F)F)C1)n1cnc(-c2ccc(Cl)c(F)c2)c1. The molecule has 2 aromatic rings. The van der Waals surface area contributed by atoms with Crippen LogP contribution in [-0.2, 0) is 14.3 Å². The number of ether oxygens (including phenoxy) is 2. The number of carbonyl (C=O) groups excluding carboxylic acids is 1. The highest BCUT2D eigenvalue weighted by molar-refractivity contribution is 6.30. The number of hydrogen-bond donors (Lipinski definition) is 1. The van der Waals surface area contributed by atoms with E-state index < -0.39 is 24.4 Å². The Morgan fingerprint density at radius 2 is 2.06 bits per heavy atom. The van der Waals surface area contributed by atoms with Crippen molar-refractivity contribution in [3.8, 4) is 11.3 Å². The van der Waals surface area contributed by atoms with Crippen molar-refractivity contribution in [2.24, 2.45) is 0 Å². The van der Waals surface area contributed by atoms with Gasteiger partial charge in [0.15, 0.2) is 0 Å². The Bertz CT molecular complexity index is 942. The quantitative estimate of drug-likeness (QED) is 0.562. The standard InChI is InChI=1S/C20H20ClF4N3O3/c1-12(28-9-18(27-11-28)13-2-3-16(21)17(22)6-13)4-5-26-19(29)10-30-14-7-15(8-14)31-20(23,24)25/h2-3,6,9,11,14-15H,1,4-5,7-8,10H2,(H,26,29)/t14-,15+. The maximum Gasteiger partial charge on any atom is 0.522 e. The fourth-order valence-corrected chi connectivity index (χ4v) is 3.08. The first kappa shape index (κ1) is 23.2. The molecule has 0 unspecified atom stereocenters. The van der Waals surface area contributed by atoms with Crippen molar-refractivity contribution >= 4 is 23.2 Å². The van der Waals surface area contributed by atoms with Crippen LogP contribution in [0.25, 0.3) is 17.0 Å². The molecule has 31 heavy (non-hydrogen) atoms. The van der Waals surface area contributed by atoms with Crippen LogP contribution in [0.4, 0.5) is 17.6 Å². The molecule has 168 valence electrons. The van der Waals surface area contributed by atoms with Crippen LogP contribution in [0, 0.1) is 5.82 Å². The van der Waals surface area contributed by atoms with E-state index in [1.165, 1.54) is 18.5 Å². The normalized spacial score (nSPS) is 18.5. The molecule has 0 spiro atoms. The summed E-state index contributed by atoms with van der Waals surface area (Å²) in [5, 5.41) is 2.68. The Morgan fingerprint density at radius 1 is 1.32 bits per heavy atom. The molecule has 3 rings (SSSR count). The Kier molecular flexibility index (Phi) is 7.34. The fraction of sp³-hybridized carbons (Fsp3) is 0.400. The lowest BCUT2D eigenvalue weighted by molar-refractivity contribution is -0.357. The molecule has 0 bridgehead atoms. The van der Waals surface area contributed by atoms with Gasteiger partial charge in [-0.25, -0.2) is 9.37 Å². The highest BCUT2D eigenvalue weighted by Gasteiger charge is 2.40. The third kappa shape index (κ3) is 6.78. The van der Waals surface area contributed by atoms with Crippen LogP contribution in [0.15, 0.2) is 37.3 Å². The molecule has 0 radical (unpaired) electrons.